The first kappa shape index (κ1) is 45.3. The Hall–Kier alpha value is -5.77. The zero-order valence-electron chi connectivity index (χ0n) is 37.3. The van der Waals surface area contributed by atoms with Gasteiger partial charge in [-0.3, -0.25) is 19.2 Å². The normalized spacial score (nSPS) is 18.7. The van der Waals surface area contributed by atoms with E-state index in [0.717, 1.165) is 42.4 Å². The first-order valence-electron chi connectivity index (χ1n) is 23.0. The highest BCUT2D eigenvalue weighted by Gasteiger charge is 2.33. The summed E-state index contributed by atoms with van der Waals surface area (Å²) in [7, 11) is 0. The molecule has 2 heterocycles. The Labute approximate surface area is 371 Å². The average molecular weight is 856 g/mol. The van der Waals surface area contributed by atoms with Crippen molar-refractivity contribution in [3.63, 3.8) is 0 Å². The fourth-order valence-corrected chi connectivity index (χ4v) is 9.07. The van der Waals surface area contributed by atoms with E-state index in [1.807, 2.05) is 19.9 Å². The van der Waals surface area contributed by atoms with Crippen LogP contribution >= 0.6 is 0 Å². The molecule has 0 aliphatic heterocycles. The molecule has 0 unspecified atom stereocenters. The van der Waals surface area contributed by atoms with E-state index in [0.29, 0.717) is 116 Å². The summed E-state index contributed by atoms with van der Waals surface area (Å²) >= 11 is 0. The molecule has 63 heavy (non-hydrogen) atoms. The SMILES string of the molecule is CCCc1ccc(CCC(=O)OC2CCC(C(=O)Oc3ccc(OC(=O)C4CCC(OC(=O)CCc5ccc(CCC)cc5)CC4)c4c(C)c(-c5ccco5)nc(C)c34)CC2)cc1. The molecule has 10 heteroatoms. The van der Waals surface area contributed by atoms with Gasteiger partial charge in [0.15, 0.2) is 5.76 Å². The van der Waals surface area contributed by atoms with Crippen LogP contribution in [0.4, 0.5) is 0 Å². The van der Waals surface area contributed by atoms with Gasteiger partial charge in [0, 0.05) is 29.3 Å². The molecule has 0 bridgehead atoms. The molecular weight excluding hydrogens is 795 g/mol. The first-order chi connectivity index (χ1) is 30.6. The molecule has 7 rings (SSSR count). The van der Waals surface area contributed by atoms with Crippen molar-refractivity contribution in [3.8, 4) is 23.0 Å². The predicted octanol–water partition coefficient (Wildman–Crippen LogP) is 11.3. The smallest absolute Gasteiger partial charge is 0.314 e. The number of aryl methyl sites for hydroxylation is 6. The van der Waals surface area contributed by atoms with E-state index in [-0.39, 0.29) is 47.9 Å². The number of aromatic nitrogens is 1. The van der Waals surface area contributed by atoms with Gasteiger partial charge in [0.2, 0.25) is 0 Å². The molecule has 332 valence electrons. The summed E-state index contributed by atoms with van der Waals surface area (Å²) in [6.07, 6.45) is 11.8. The molecule has 0 atom stereocenters. The second-order valence-electron chi connectivity index (χ2n) is 17.4. The van der Waals surface area contributed by atoms with Crippen LogP contribution in [0.2, 0.25) is 0 Å². The quantitative estimate of drug-likeness (QED) is 0.0658. The topological polar surface area (TPSA) is 131 Å². The molecule has 0 radical (unpaired) electrons. The number of nitrogens with zero attached hydrogens (tertiary/aromatic N) is 1. The Bertz CT molecular complexity index is 2330. The molecule has 2 aliphatic carbocycles. The van der Waals surface area contributed by atoms with Gasteiger partial charge in [-0.05, 0) is 143 Å². The van der Waals surface area contributed by atoms with Gasteiger partial charge >= 0.3 is 23.9 Å². The van der Waals surface area contributed by atoms with E-state index in [1.54, 1.807) is 24.5 Å². The average Bonchev–Trinajstić information content (AvgIpc) is 3.83. The highest BCUT2D eigenvalue weighted by atomic mass is 16.6. The Morgan fingerprint density at radius 3 is 1.41 bits per heavy atom. The van der Waals surface area contributed by atoms with E-state index in [2.05, 4.69) is 62.4 Å². The minimum absolute atomic E-state index is 0.220. The predicted molar refractivity (Wildman–Crippen MR) is 241 cm³/mol. The maximum absolute atomic E-state index is 13.8. The van der Waals surface area contributed by atoms with Crippen LogP contribution < -0.4 is 9.47 Å². The molecule has 0 spiro atoms. The number of carbonyl (C=O) groups is 4. The van der Waals surface area contributed by atoms with Crippen molar-refractivity contribution in [2.75, 3.05) is 0 Å². The number of ether oxygens (including phenoxy) is 4. The Morgan fingerprint density at radius 2 is 1.00 bits per heavy atom. The molecule has 5 aromatic rings. The number of hydrogen-bond acceptors (Lipinski definition) is 10. The van der Waals surface area contributed by atoms with E-state index >= 15 is 0 Å². The van der Waals surface area contributed by atoms with Gasteiger partial charge in [-0.2, -0.15) is 0 Å². The molecule has 2 aromatic heterocycles. The molecule has 0 N–H and O–H groups in total. The molecule has 10 nitrogen and oxygen atoms in total. The lowest BCUT2D eigenvalue weighted by Gasteiger charge is -2.28. The van der Waals surface area contributed by atoms with Crippen molar-refractivity contribution in [2.24, 2.45) is 11.8 Å². The number of furan rings is 1. The fourth-order valence-electron chi connectivity index (χ4n) is 9.07. The van der Waals surface area contributed by atoms with E-state index in [4.69, 9.17) is 28.3 Å². The van der Waals surface area contributed by atoms with Crippen LogP contribution in [-0.2, 0) is 54.3 Å². The van der Waals surface area contributed by atoms with Crippen molar-refractivity contribution in [3.05, 3.63) is 113 Å². The summed E-state index contributed by atoms with van der Waals surface area (Å²) < 4.78 is 29.7. The first-order valence-corrected chi connectivity index (χ1v) is 23.0. The number of hydrogen-bond donors (Lipinski definition) is 0. The van der Waals surface area contributed by atoms with Crippen LogP contribution in [0.25, 0.3) is 22.2 Å². The maximum Gasteiger partial charge on any atom is 0.314 e. The number of rotatable bonds is 17. The van der Waals surface area contributed by atoms with Crippen LogP contribution in [0.15, 0.2) is 83.5 Å². The molecule has 2 aliphatic rings. The Balaban J connectivity index is 0.951. The van der Waals surface area contributed by atoms with Crippen molar-refractivity contribution in [1.82, 2.24) is 4.98 Å². The minimum Gasteiger partial charge on any atom is -0.463 e. The third kappa shape index (κ3) is 11.8. The molecule has 0 amide bonds. The highest BCUT2D eigenvalue weighted by molar-refractivity contribution is 6.01. The minimum atomic E-state index is -0.362. The summed E-state index contributed by atoms with van der Waals surface area (Å²) in [6.45, 7) is 8.05. The van der Waals surface area contributed by atoms with Crippen molar-refractivity contribution < 1.29 is 42.5 Å². The number of esters is 4. The zero-order valence-corrected chi connectivity index (χ0v) is 37.3. The van der Waals surface area contributed by atoms with E-state index in [9.17, 15) is 19.2 Å². The number of carbonyl (C=O) groups excluding carboxylic acids is 4. The van der Waals surface area contributed by atoms with Crippen molar-refractivity contribution >= 4 is 34.6 Å². The van der Waals surface area contributed by atoms with E-state index in [1.165, 1.54) is 11.1 Å². The van der Waals surface area contributed by atoms with Gasteiger partial charge in [-0.15, -0.1) is 0 Å². The number of benzene rings is 3. The van der Waals surface area contributed by atoms with Crippen LogP contribution in [0.5, 0.6) is 11.5 Å². The lowest BCUT2D eigenvalue weighted by Crippen LogP contribution is -2.30. The van der Waals surface area contributed by atoms with Crippen LogP contribution in [0.1, 0.15) is 124 Å². The Kier molecular flexibility index (Phi) is 15.5. The highest BCUT2D eigenvalue weighted by Crippen LogP contribution is 2.42. The van der Waals surface area contributed by atoms with Gasteiger partial charge in [-0.1, -0.05) is 75.2 Å². The van der Waals surface area contributed by atoms with Crippen LogP contribution in [-0.4, -0.2) is 41.1 Å². The maximum atomic E-state index is 13.8. The molecule has 3 aromatic carbocycles. The third-order valence-electron chi connectivity index (χ3n) is 12.6. The summed E-state index contributed by atoms with van der Waals surface area (Å²) in [4.78, 5) is 57.9. The summed E-state index contributed by atoms with van der Waals surface area (Å²) in [5, 5.41) is 1.19. The molecule has 2 saturated carbocycles. The second kappa shape index (κ2) is 21.5. The largest absolute Gasteiger partial charge is 0.463 e. The van der Waals surface area contributed by atoms with Crippen LogP contribution in [0.3, 0.4) is 0 Å². The standard InChI is InChI=1S/C53H61NO9/c1-5-8-36-11-15-38(16-12-36)19-31-47(55)60-42-25-21-40(22-26-42)52(57)62-44-29-30-45(50-35(4)54-51(34(3)49(44)50)46-10-7-33-59-46)63-53(58)41-23-27-43(28-24-41)61-48(56)32-20-39-17-13-37(9-6-2)14-18-39/h7,10-18,29-30,33,40-43H,5-6,8-9,19-28,31-32H2,1-4H3. The fraction of sp³-hybridized carbons (Fsp3) is 0.453. The summed E-state index contributed by atoms with van der Waals surface area (Å²) in [6, 6.07) is 23.8. The monoisotopic (exact) mass is 855 g/mol. The number of fused-ring (bicyclic) bond motifs is 1. The Morgan fingerprint density at radius 1 is 0.571 bits per heavy atom. The zero-order chi connectivity index (χ0) is 44.3. The van der Waals surface area contributed by atoms with Crippen molar-refractivity contribution in [1.29, 1.82) is 0 Å². The number of pyridine rings is 1. The van der Waals surface area contributed by atoms with Gasteiger partial charge in [0.1, 0.15) is 29.4 Å². The van der Waals surface area contributed by atoms with Gasteiger partial charge in [0.25, 0.3) is 0 Å². The van der Waals surface area contributed by atoms with Gasteiger partial charge in [-0.25, -0.2) is 4.98 Å². The second-order valence-corrected chi connectivity index (χ2v) is 17.4. The van der Waals surface area contributed by atoms with Gasteiger partial charge in [0.05, 0.1) is 18.1 Å². The third-order valence-corrected chi connectivity index (χ3v) is 12.6. The molecule has 0 saturated heterocycles. The molecule has 2 fully saturated rings. The van der Waals surface area contributed by atoms with Crippen molar-refractivity contribution in [2.45, 2.75) is 143 Å². The summed E-state index contributed by atoms with van der Waals surface area (Å²) in [5.74, 6) is -0.634. The lowest BCUT2D eigenvalue weighted by molar-refractivity contribution is -0.153. The lowest BCUT2D eigenvalue weighted by atomic mass is 9.87. The van der Waals surface area contributed by atoms with Crippen LogP contribution in [0, 0.1) is 25.7 Å². The summed E-state index contributed by atoms with van der Waals surface area (Å²) in [5.41, 5.74) is 6.73. The van der Waals surface area contributed by atoms with E-state index < -0.39 is 0 Å². The van der Waals surface area contributed by atoms with Gasteiger partial charge < -0.3 is 23.4 Å². The molecular formula is C53H61NO9.